The summed E-state index contributed by atoms with van der Waals surface area (Å²) in [5.74, 6) is -0.819. The van der Waals surface area contributed by atoms with Gasteiger partial charge in [-0.15, -0.1) is 11.3 Å². The summed E-state index contributed by atoms with van der Waals surface area (Å²) in [6.45, 7) is 2.80. The first-order valence-electron chi connectivity index (χ1n) is 6.02. The maximum atomic E-state index is 10.9. The lowest BCUT2D eigenvalue weighted by Crippen LogP contribution is -2.36. The van der Waals surface area contributed by atoms with Crippen LogP contribution in [-0.2, 0) is 11.3 Å². The molecule has 94 valence electrons. The highest BCUT2D eigenvalue weighted by Crippen LogP contribution is 2.24. The van der Waals surface area contributed by atoms with E-state index in [1.54, 1.807) is 11.3 Å². The van der Waals surface area contributed by atoms with Gasteiger partial charge in [0, 0.05) is 23.7 Å². The standard InChI is InChI=1S/C12H18N2O2S/c1-8-6-14-11(17-8)7-13-10-4-2-3-9(5-10)12(15)16/h6,9-10,13H,2-5,7H2,1H3,(H,15,16). The number of carboxylic acids is 1. The van der Waals surface area contributed by atoms with E-state index < -0.39 is 5.97 Å². The molecule has 2 rings (SSSR count). The molecule has 1 aromatic heterocycles. The molecule has 1 aliphatic rings. The van der Waals surface area contributed by atoms with E-state index in [9.17, 15) is 4.79 Å². The fourth-order valence-electron chi connectivity index (χ4n) is 2.31. The molecule has 2 N–H and O–H groups in total. The molecule has 0 aromatic carbocycles. The summed E-state index contributed by atoms with van der Waals surface area (Å²) < 4.78 is 0. The van der Waals surface area contributed by atoms with Crippen molar-refractivity contribution in [3.8, 4) is 0 Å². The third kappa shape index (κ3) is 3.51. The Kier molecular flexibility index (Phi) is 4.12. The summed E-state index contributed by atoms with van der Waals surface area (Å²) in [7, 11) is 0. The Bertz CT molecular complexity index is 392. The van der Waals surface area contributed by atoms with Crippen molar-refractivity contribution in [3.05, 3.63) is 16.1 Å². The maximum Gasteiger partial charge on any atom is 0.306 e. The van der Waals surface area contributed by atoms with Crippen molar-refractivity contribution in [1.29, 1.82) is 0 Å². The minimum atomic E-state index is -0.651. The number of thiazole rings is 1. The predicted molar refractivity (Wildman–Crippen MR) is 67.1 cm³/mol. The maximum absolute atomic E-state index is 10.9. The monoisotopic (exact) mass is 254 g/mol. The second-order valence-electron chi connectivity index (χ2n) is 4.64. The van der Waals surface area contributed by atoms with Crippen LogP contribution in [-0.4, -0.2) is 22.1 Å². The van der Waals surface area contributed by atoms with E-state index in [-0.39, 0.29) is 5.92 Å². The minimum absolute atomic E-state index is 0.167. The third-order valence-electron chi connectivity index (χ3n) is 3.23. The van der Waals surface area contributed by atoms with Crippen LogP contribution in [0.3, 0.4) is 0 Å². The molecule has 1 saturated carbocycles. The molecule has 1 aromatic rings. The first kappa shape index (κ1) is 12.5. The quantitative estimate of drug-likeness (QED) is 0.864. The highest BCUT2D eigenvalue weighted by Gasteiger charge is 2.26. The highest BCUT2D eigenvalue weighted by molar-refractivity contribution is 7.11. The van der Waals surface area contributed by atoms with E-state index >= 15 is 0 Å². The lowest BCUT2D eigenvalue weighted by atomic mass is 9.86. The number of aliphatic carboxylic acids is 1. The van der Waals surface area contributed by atoms with Gasteiger partial charge in [0.05, 0.1) is 5.92 Å². The Morgan fingerprint density at radius 1 is 1.65 bits per heavy atom. The van der Waals surface area contributed by atoms with Gasteiger partial charge in [-0.05, 0) is 26.2 Å². The molecule has 5 heteroatoms. The van der Waals surface area contributed by atoms with Crippen LogP contribution in [0.15, 0.2) is 6.20 Å². The number of carboxylic acid groups (broad SMARTS) is 1. The van der Waals surface area contributed by atoms with Crippen LogP contribution in [0.2, 0.25) is 0 Å². The van der Waals surface area contributed by atoms with Gasteiger partial charge >= 0.3 is 5.97 Å². The smallest absolute Gasteiger partial charge is 0.306 e. The van der Waals surface area contributed by atoms with E-state index in [4.69, 9.17) is 5.11 Å². The first-order valence-corrected chi connectivity index (χ1v) is 6.84. The lowest BCUT2D eigenvalue weighted by molar-refractivity contribution is -0.143. The van der Waals surface area contributed by atoms with Crippen molar-refractivity contribution in [2.24, 2.45) is 5.92 Å². The average Bonchev–Trinajstić information content (AvgIpc) is 2.73. The van der Waals surface area contributed by atoms with Crippen LogP contribution >= 0.6 is 11.3 Å². The fraction of sp³-hybridized carbons (Fsp3) is 0.667. The van der Waals surface area contributed by atoms with E-state index in [1.807, 2.05) is 13.1 Å². The molecule has 1 aliphatic carbocycles. The predicted octanol–water partition coefficient (Wildman–Crippen LogP) is 2.18. The van der Waals surface area contributed by atoms with Crippen LogP contribution in [0.1, 0.15) is 35.6 Å². The van der Waals surface area contributed by atoms with Gasteiger partial charge in [0.1, 0.15) is 5.01 Å². The molecule has 0 spiro atoms. The van der Waals surface area contributed by atoms with Gasteiger partial charge in [-0.2, -0.15) is 0 Å². The van der Waals surface area contributed by atoms with Gasteiger partial charge in [0.2, 0.25) is 0 Å². The summed E-state index contributed by atoms with van der Waals surface area (Å²) in [5.41, 5.74) is 0. The molecule has 4 nitrogen and oxygen atoms in total. The number of hydrogen-bond acceptors (Lipinski definition) is 4. The van der Waals surface area contributed by atoms with Crippen molar-refractivity contribution in [1.82, 2.24) is 10.3 Å². The zero-order chi connectivity index (χ0) is 12.3. The van der Waals surface area contributed by atoms with E-state index in [2.05, 4.69) is 10.3 Å². The zero-order valence-corrected chi connectivity index (χ0v) is 10.8. The SMILES string of the molecule is Cc1cnc(CNC2CCCC(C(=O)O)C2)s1. The normalized spacial score (nSPS) is 24.8. The molecule has 0 radical (unpaired) electrons. The second-order valence-corrected chi connectivity index (χ2v) is 5.96. The van der Waals surface area contributed by atoms with Crippen LogP contribution in [0.25, 0.3) is 0 Å². The number of aryl methyl sites for hydroxylation is 1. The van der Waals surface area contributed by atoms with Gasteiger partial charge in [-0.3, -0.25) is 4.79 Å². The van der Waals surface area contributed by atoms with Gasteiger partial charge in [0.25, 0.3) is 0 Å². The van der Waals surface area contributed by atoms with Crippen LogP contribution in [0.5, 0.6) is 0 Å². The average molecular weight is 254 g/mol. The Hall–Kier alpha value is -0.940. The molecule has 2 unspecified atom stereocenters. The zero-order valence-electron chi connectivity index (χ0n) is 9.98. The van der Waals surface area contributed by atoms with Crippen molar-refractivity contribution < 1.29 is 9.90 Å². The molecule has 0 bridgehead atoms. The van der Waals surface area contributed by atoms with Crippen LogP contribution < -0.4 is 5.32 Å². The third-order valence-corrected chi connectivity index (χ3v) is 4.15. The number of carbonyl (C=O) groups is 1. The number of nitrogens with zero attached hydrogens (tertiary/aromatic N) is 1. The Labute approximate surface area is 105 Å². The molecule has 1 fully saturated rings. The van der Waals surface area contributed by atoms with Crippen LogP contribution in [0.4, 0.5) is 0 Å². The van der Waals surface area contributed by atoms with E-state index in [0.717, 1.165) is 37.2 Å². The van der Waals surface area contributed by atoms with Crippen molar-refractivity contribution in [2.45, 2.75) is 45.2 Å². The molecular formula is C12H18N2O2S. The first-order chi connectivity index (χ1) is 8.15. The summed E-state index contributed by atoms with van der Waals surface area (Å²) in [6.07, 6.45) is 5.53. The largest absolute Gasteiger partial charge is 0.481 e. The second kappa shape index (κ2) is 5.60. The number of nitrogens with one attached hydrogen (secondary N) is 1. The summed E-state index contributed by atoms with van der Waals surface area (Å²) in [4.78, 5) is 16.4. The molecule has 1 heterocycles. The van der Waals surface area contributed by atoms with E-state index in [0.29, 0.717) is 6.04 Å². The minimum Gasteiger partial charge on any atom is -0.481 e. The lowest BCUT2D eigenvalue weighted by Gasteiger charge is -2.27. The number of hydrogen-bond donors (Lipinski definition) is 2. The van der Waals surface area contributed by atoms with E-state index in [1.165, 1.54) is 4.88 Å². The van der Waals surface area contributed by atoms with Crippen molar-refractivity contribution in [2.75, 3.05) is 0 Å². The molecule has 0 amide bonds. The Morgan fingerprint density at radius 3 is 3.12 bits per heavy atom. The fourth-order valence-corrected chi connectivity index (χ4v) is 3.05. The molecule has 0 aliphatic heterocycles. The summed E-state index contributed by atoms with van der Waals surface area (Å²) in [5, 5.41) is 13.5. The Balaban J connectivity index is 1.81. The number of aromatic nitrogens is 1. The topological polar surface area (TPSA) is 62.2 Å². The van der Waals surface area contributed by atoms with Gasteiger partial charge in [0.15, 0.2) is 0 Å². The van der Waals surface area contributed by atoms with Gasteiger partial charge < -0.3 is 10.4 Å². The summed E-state index contributed by atoms with van der Waals surface area (Å²) >= 11 is 1.69. The molecule has 0 saturated heterocycles. The van der Waals surface area contributed by atoms with Crippen molar-refractivity contribution >= 4 is 17.3 Å². The highest BCUT2D eigenvalue weighted by atomic mass is 32.1. The number of rotatable bonds is 4. The summed E-state index contributed by atoms with van der Waals surface area (Å²) in [6, 6.07) is 0.328. The van der Waals surface area contributed by atoms with Crippen LogP contribution in [0, 0.1) is 12.8 Å². The molecule has 17 heavy (non-hydrogen) atoms. The Morgan fingerprint density at radius 2 is 2.47 bits per heavy atom. The molecular weight excluding hydrogens is 236 g/mol. The van der Waals surface area contributed by atoms with Gasteiger partial charge in [-0.1, -0.05) is 6.42 Å². The van der Waals surface area contributed by atoms with Gasteiger partial charge in [-0.25, -0.2) is 4.98 Å². The van der Waals surface area contributed by atoms with Crippen molar-refractivity contribution in [3.63, 3.8) is 0 Å². The molecule has 2 atom stereocenters.